The number of aromatic nitrogens is 2. The van der Waals surface area contributed by atoms with Crippen molar-refractivity contribution in [3.63, 3.8) is 0 Å². The molecule has 2 aliphatic rings. The van der Waals surface area contributed by atoms with Crippen LogP contribution in [0.4, 0.5) is 11.5 Å². The molecule has 0 unspecified atom stereocenters. The summed E-state index contributed by atoms with van der Waals surface area (Å²) < 4.78 is 0. The van der Waals surface area contributed by atoms with Gasteiger partial charge in [-0.3, -0.25) is 14.7 Å². The van der Waals surface area contributed by atoms with Crippen LogP contribution in [0, 0.1) is 0 Å². The average Bonchev–Trinajstić information content (AvgIpc) is 3.06. The molecule has 2 saturated heterocycles. The highest BCUT2D eigenvalue weighted by Gasteiger charge is 2.32. The zero-order chi connectivity index (χ0) is 17.4. The second kappa shape index (κ2) is 6.48. The van der Waals surface area contributed by atoms with E-state index in [4.69, 9.17) is 0 Å². The lowest BCUT2D eigenvalue weighted by atomic mass is 10.0. The predicted octanol–water partition coefficient (Wildman–Crippen LogP) is 1.58. The molecule has 3 heterocycles. The van der Waals surface area contributed by atoms with E-state index in [2.05, 4.69) is 39.5 Å². The van der Waals surface area contributed by atoms with Gasteiger partial charge in [0.15, 0.2) is 5.82 Å². The van der Waals surface area contributed by atoms with E-state index < -0.39 is 0 Å². The number of H-pyrrole nitrogens is 1. The molecule has 25 heavy (non-hydrogen) atoms. The van der Waals surface area contributed by atoms with E-state index in [0.29, 0.717) is 25.1 Å². The molecule has 7 heteroatoms. The Bertz CT molecular complexity index is 806. The number of aryl methyl sites for hydroxylation is 1. The van der Waals surface area contributed by atoms with E-state index in [9.17, 15) is 9.59 Å². The molecule has 2 aliphatic heterocycles. The number of nitrogens with zero attached hydrogens (tertiary/aromatic N) is 3. The Morgan fingerprint density at radius 3 is 2.52 bits per heavy atom. The van der Waals surface area contributed by atoms with Crippen LogP contribution >= 0.6 is 0 Å². The summed E-state index contributed by atoms with van der Waals surface area (Å²) in [7, 11) is 0. The van der Waals surface area contributed by atoms with Gasteiger partial charge in [-0.05, 0) is 24.5 Å². The molecule has 1 aromatic heterocycles. The van der Waals surface area contributed by atoms with E-state index in [1.54, 1.807) is 0 Å². The first-order chi connectivity index (χ1) is 12.2. The molecule has 2 fully saturated rings. The van der Waals surface area contributed by atoms with Gasteiger partial charge in [-0.15, -0.1) is 0 Å². The normalized spacial score (nSPS) is 19.1. The van der Waals surface area contributed by atoms with Crippen molar-refractivity contribution >= 4 is 34.2 Å². The maximum Gasteiger partial charge on any atom is 0.235 e. The van der Waals surface area contributed by atoms with Crippen LogP contribution in [0.15, 0.2) is 12.1 Å². The molecule has 0 saturated carbocycles. The van der Waals surface area contributed by atoms with Gasteiger partial charge in [-0.1, -0.05) is 13.0 Å². The number of aromatic amines is 1. The van der Waals surface area contributed by atoms with Gasteiger partial charge in [0.05, 0.1) is 16.6 Å². The van der Waals surface area contributed by atoms with Crippen LogP contribution in [0.3, 0.4) is 0 Å². The SMILES string of the molecule is CCc1ccc(N2CCNCC2)c2[nH]nc(N3C(=O)CCCC3=O)c12. The number of rotatable bonds is 3. The van der Waals surface area contributed by atoms with Gasteiger partial charge in [0.25, 0.3) is 0 Å². The minimum Gasteiger partial charge on any atom is -0.367 e. The lowest BCUT2D eigenvalue weighted by Crippen LogP contribution is -2.43. The smallest absolute Gasteiger partial charge is 0.235 e. The van der Waals surface area contributed by atoms with Gasteiger partial charge in [0.2, 0.25) is 11.8 Å². The number of carbonyl (C=O) groups is 2. The molecule has 132 valence electrons. The monoisotopic (exact) mass is 341 g/mol. The number of anilines is 2. The Hall–Kier alpha value is -2.41. The van der Waals surface area contributed by atoms with Gasteiger partial charge < -0.3 is 10.2 Å². The van der Waals surface area contributed by atoms with Crippen molar-refractivity contribution in [2.45, 2.75) is 32.6 Å². The van der Waals surface area contributed by atoms with Gasteiger partial charge in [0.1, 0.15) is 0 Å². The quantitative estimate of drug-likeness (QED) is 0.829. The molecule has 2 N–H and O–H groups in total. The molecule has 2 aromatic rings. The first-order valence-electron chi connectivity index (χ1n) is 9.02. The van der Waals surface area contributed by atoms with Gasteiger partial charge in [0, 0.05) is 39.0 Å². The Balaban J connectivity index is 1.86. The van der Waals surface area contributed by atoms with Gasteiger partial charge >= 0.3 is 0 Å². The number of piperazine rings is 1. The standard InChI is InChI=1S/C18H23N5O2/c1-2-12-6-7-13(22-10-8-19-9-11-22)17-16(12)18(21-20-17)23-14(24)4-3-5-15(23)25/h6-7,19H,2-5,8-11H2,1H3,(H,20,21). The maximum absolute atomic E-state index is 12.4. The Labute approximate surface area is 146 Å². The largest absolute Gasteiger partial charge is 0.367 e. The number of nitrogens with one attached hydrogen (secondary N) is 2. The van der Waals surface area contributed by atoms with Gasteiger partial charge in [-0.2, -0.15) is 5.10 Å². The molecule has 4 rings (SSSR count). The highest BCUT2D eigenvalue weighted by Crippen LogP contribution is 2.36. The number of fused-ring (bicyclic) bond motifs is 1. The minimum absolute atomic E-state index is 0.153. The van der Waals surface area contributed by atoms with Crippen molar-refractivity contribution < 1.29 is 9.59 Å². The third-order valence-electron chi connectivity index (χ3n) is 5.10. The Morgan fingerprint density at radius 1 is 1.12 bits per heavy atom. The summed E-state index contributed by atoms with van der Waals surface area (Å²) in [5, 5.41) is 11.8. The highest BCUT2D eigenvalue weighted by molar-refractivity contribution is 6.20. The summed E-state index contributed by atoms with van der Waals surface area (Å²) in [6.07, 6.45) is 2.25. The molecule has 0 atom stereocenters. The summed E-state index contributed by atoms with van der Waals surface area (Å²) in [6.45, 7) is 5.82. The van der Waals surface area contributed by atoms with Crippen LogP contribution in [-0.4, -0.2) is 48.2 Å². The summed E-state index contributed by atoms with van der Waals surface area (Å²) in [5.41, 5.74) is 3.11. The van der Waals surface area contributed by atoms with Crippen molar-refractivity contribution in [2.24, 2.45) is 0 Å². The van der Waals surface area contributed by atoms with E-state index in [1.165, 1.54) is 4.90 Å². The van der Waals surface area contributed by atoms with Crippen molar-refractivity contribution in [1.82, 2.24) is 15.5 Å². The second-order valence-electron chi connectivity index (χ2n) is 6.61. The fourth-order valence-electron chi connectivity index (χ4n) is 3.78. The third-order valence-corrected chi connectivity index (χ3v) is 5.10. The van der Waals surface area contributed by atoms with Crippen LogP contribution in [0.1, 0.15) is 31.7 Å². The number of amides is 2. The number of piperidine rings is 1. The molecular formula is C18H23N5O2. The average molecular weight is 341 g/mol. The zero-order valence-corrected chi connectivity index (χ0v) is 14.5. The molecule has 0 bridgehead atoms. The molecule has 0 radical (unpaired) electrons. The van der Waals surface area contributed by atoms with Crippen molar-refractivity contribution in [1.29, 1.82) is 0 Å². The minimum atomic E-state index is -0.153. The van der Waals surface area contributed by atoms with Crippen LogP contribution in [0.5, 0.6) is 0 Å². The van der Waals surface area contributed by atoms with Crippen LogP contribution in [0.2, 0.25) is 0 Å². The molecule has 0 aliphatic carbocycles. The Kier molecular flexibility index (Phi) is 4.17. The van der Waals surface area contributed by atoms with E-state index in [1.807, 2.05) is 0 Å². The van der Waals surface area contributed by atoms with Crippen LogP contribution < -0.4 is 15.1 Å². The first-order valence-corrected chi connectivity index (χ1v) is 9.02. The second-order valence-corrected chi connectivity index (χ2v) is 6.61. The lowest BCUT2D eigenvalue weighted by Gasteiger charge is -2.30. The van der Waals surface area contributed by atoms with Crippen molar-refractivity contribution in [3.05, 3.63) is 17.7 Å². The highest BCUT2D eigenvalue weighted by atomic mass is 16.2. The lowest BCUT2D eigenvalue weighted by molar-refractivity contribution is -0.129. The number of benzene rings is 1. The molecule has 1 aromatic carbocycles. The van der Waals surface area contributed by atoms with E-state index >= 15 is 0 Å². The van der Waals surface area contributed by atoms with E-state index in [0.717, 1.165) is 54.8 Å². The number of hydrogen-bond donors (Lipinski definition) is 2. The topological polar surface area (TPSA) is 81.3 Å². The summed E-state index contributed by atoms with van der Waals surface area (Å²) in [4.78, 5) is 28.3. The van der Waals surface area contributed by atoms with Crippen molar-refractivity contribution in [3.8, 4) is 0 Å². The summed E-state index contributed by atoms with van der Waals surface area (Å²) in [5.74, 6) is 0.164. The van der Waals surface area contributed by atoms with E-state index in [-0.39, 0.29) is 11.8 Å². The molecule has 7 nitrogen and oxygen atoms in total. The third kappa shape index (κ3) is 2.68. The Morgan fingerprint density at radius 2 is 1.84 bits per heavy atom. The maximum atomic E-state index is 12.4. The summed E-state index contributed by atoms with van der Waals surface area (Å²) in [6, 6.07) is 4.21. The molecule has 2 amide bonds. The zero-order valence-electron chi connectivity index (χ0n) is 14.5. The fourth-order valence-corrected chi connectivity index (χ4v) is 3.78. The summed E-state index contributed by atoms with van der Waals surface area (Å²) >= 11 is 0. The number of hydrogen-bond acceptors (Lipinski definition) is 5. The number of carbonyl (C=O) groups excluding carboxylic acids is 2. The molecule has 0 spiro atoms. The van der Waals surface area contributed by atoms with Crippen LogP contribution in [0.25, 0.3) is 10.9 Å². The fraction of sp³-hybridized carbons (Fsp3) is 0.500. The first kappa shape index (κ1) is 16.1. The van der Waals surface area contributed by atoms with Gasteiger partial charge in [-0.25, -0.2) is 4.90 Å². The molecular weight excluding hydrogens is 318 g/mol. The number of imide groups is 1. The van der Waals surface area contributed by atoms with Crippen LogP contribution in [-0.2, 0) is 16.0 Å². The predicted molar refractivity (Wildman–Crippen MR) is 96.9 cm³/mol. The van der Waals surface area contributed by atoms with Crippen molar-refractivity contribution in [2.75, 3.05) is 36.0 Å².